The lowest BCUT2D eigenvalue weighted by Crippen LogP contribution is -2.29. The number of nitrogens with two attached hydrogens (primary N) is 1. The number of carbonyl (C=O) groups is 1. The molecule has 0 saturated carbocycles. The van der Waals surface area contributed by atoms with Gasteiger partial charge < -0.3 is 15.7 Å². The minimum Gasteiger partial charge on any atom is -0.384 e. The molecule has 190 valence electrons. The molecule has 2 aromatic carbocycles. The van der Waals surface area contributed by atoms with Gasteiger partial charge in [0.1, 0.15) is 5.60 Å². The molecule has 0 bridgehead atoms. The lowest BCUT2D eigenvalue weighted by atomic mass is 10.0. The van der Waals surface area contributed by atoms with Gasteiger partial charge >= 0.3 is 0 Å². The van der Waals surface area contributed by atoms with E-state index in [0.29, 0.717) is 22.8 Å². The summed E-state index contributed by atoms with van der Waals surface area (Å²) in [6.07, 6.45) is 1.75. The Balaban J connectivity index is 1.56. The van der Waals surface area contributed by atoms with Crippen LogP contribution in [0.25, 0.3) is 33.4 Å². The standard InChI is InChI=1S/C30H28N6O2/c1-30(2,38)24-13-7-12-22(33-24)18-36(3)29(37)27-28(31)35-25(19-9-5-4-6-10-19)26(34-27)21-14-15-23-20(17-21)11-8-16-32-23/h4-17,38H,18H2,1-3H3,(H2,31,35). The van der Waals surface area contributed by atoms with Gasteiger partial charge in [-0.2, -0.15) is 0 Å². The number of nitrogen functional groups attached to an aromatic ring is 1. The normalized spacial score (nSPS) is 11.5. The molecular weight excluding hydrogens is 476 g/mol. The van der Waals surface area contributed by atoms with Crippen molar-refractivity contribution in [1.82, 2.24) is 24.8 Å². The lowest BCUT2D eigenvalue weighted by Gasteiger charge is -2.21. The van der Waals surface area contributed by atoms with Crippen LogP contribution in [-0.4, -0.2) is 42.9 Å². The predicted molar refractivity (Wildman–Crippen MR) is 148 cm³/mol. The lowest BCUT2D eigenvalue weighted by molar-refractivity contribution is 0.0730. The molecule has 0 fully saturated rings. The Morgan fingerprint density at radius 1 is 0.895 bits per heavy atom. The number of aromatic nitrogens is 4. The molecule has 3 aromatic heterocycles. The van der Waals surface area contributed by atoms with E-state index in [9.17, 15) is 9.90 Å². The van der Waals surface area contributed by atoms with Crippen molar-refractivity contribution in [3.05, 3.63) is 102 Å². The summed E-state index contributed by atoms with van der Waals surface area (Å²) in [6.45, 7) is 3.55. The van der Waals surface area contributed by atoms with Crippen molar-refractivity contribution in [3.8, 4) is 22.5 Å². The van der Waals surface area contributed by atoms with Gasteiger partial charge in [-0.3, -0.25) is 14.8 Å². The maximum Gasteiger partial charge on any atom is 0.276 e. The van der Waals surface area contributed by atoms with Crippen molar-refractivity contribution >= 4 is 22.6 Å². The molecule has 5 rings (SSSR count). The number of fused-ring (bicyclic) bond motifs is 1. The minimum absolute atomic E-state index is 0.0464. The van der Waals surface area contributed by atoms with Crippen LogP contribution in [0.15, 0.2) is 85.1 Å². The van der Waals surface area contributed by atoms with Crippen LogP contribution in [0, 0.1) is 0 Å². The van der Waals surface area contributed by atoms with Crippen LogP contribution in [0.5, 0.6) is 0 Å². The summed E-state index contributed by atoms with van der Waals surface area (Å²) in [5, 5.41) is 11.3. The van der Waals surface area contributed by atoms with E-state index in [0.717, 1.165) is 22.0 Å². The van der Waals surface area contributed by atoms with Crippen LogP contribution in [0.3, 0.4) is 0 Å². The number of aliphatic hydroxyl groups is 1. The molecule has 0 spiro atoms. The fourth-order valence-electron chi connectivity index (χ4n) is 4.23. The van der Waals surface area contributed by atoms with Gasteiger partial charge in [-0.15, -0.1) is 0 Å². The van der Waals surface area contributed by atoms with Gasteiger partial charge in [0.25, 0.3) is 5.91 Å². The average Bonchev–Trinajstić information content (AvgIpc) is 2.92. The second kappa shape index (κ2) is 9.99. The molecular formula is C30H28N6O2. The first-order valence-electron chi connectivity index (χ1n) is 12.2. The molecule has 38 heavy (non-hydrogen) atoms. The molecule has 0 aliphatic carbocycles. The van der Waals surface area contributed by atoms with Crippen LogP contribution < -0.4 is 5.73 Å². The number of hydrogen-bond donors (Lipinski definition) is 2. The molecule has 8 heteroatoms. The van der Waals surface area contributed by atoms with E-state index < -0.39 is 5.60 Å². The number of benzene rings is 2. The summed E-state index contributed by atoms with van der Waals surface area (Å²) in [5.74, 6) is -0.334. The second-order valence-corrected chi connectivity index (χ2v) is 9.67. The van der Waals surface area contributed by atoms with Crippen LogP contribution in [-0.2, 0) is 12.1 Å². The zero-order valence-corrected chi connectivity index (χ0v) is 21.5. The van der Waals surface area contributed by atoms with E-state index in [2.05, 4.69) is 15.0 Å². The Morgan fingerprint density at radius 3 is 2.42 bits per heavy atom. The van der Waals surface area contributed by atoms with Gasteiger partial charge in [-0.25, -0.2) is 9.97 Å². The number of rotatable bonds is 6. The zero-order chi connectivity index (χ0) is 26.9. The van der Waals surface area contributed by atoms with Gasteiger partial charge in [-0.05, 0) is 44.2 Å². The monoisotopic (exact) mass is 504 g/mol. The highest BCUT2D eigenvalue weighted by molar-refractivity contribution is 5.98. The number of anilines is 1. The van der Waals surface area contributed by atoms with Crippen LogP contribution in [0.1, 0.15) is 35.7 Å². The van der Waals surface area contributed by atoms with Crippen LogP contribution in [0.2, 0.25) is 0 Å². The largest absolute Gasteiger partial charge is 0.384 e. The fourth-order valence-corrected chi connectivity index (χ4v) is 4.23. The molecule has 8 nitrogen and oxygen atoms in total. The first-order chi connectivity index (χ1) is 18.2. The third kappa shape index (κ3) is 5.07. The van der Waals surface area contributed by atoms with E-state index in [-0.39, 0.29) is 24.0 Å². The Kier molecular flexibility index (Phi) is 6.57. The molecule has 0 saturated heterocycles. The Bertz CT molecular complexity index is 1630. The summed E-state index contributed by atoms with van der Waals surface area (Å²) < 4.78 is 0. The van der Waals surface area contributed by atoms with Gasteiger partial charge in [-0.1, -0.05) is 48.5 Å². The summed E-state index contributed by atoms with van der Waals surface area (Å²) in [6, 6.07) is 24.7. The first-order valence-corrected chi connectivity index (χ1v) is 12.2. The number of nitrogens with zero attached hydrogens (tertiary/aromatic N) is 5. The molecule has 0 radical (unpaired) electrons. The Labute approximate surface area is 220 Å². The highest BCUT2D eigenvalue weighted by atomic mass is 16.3. The smallest absolute Gasteiger partial charge is 0.276 e. The Hall–Kier alpha value is -4.69. The number of hydrogen-bond acceptors (Lipinski definition) is 7. The number of amides is 1. The third-order valence-corrected chi connectivity index (χ3v) is 6.23. The van der Waals surface area contributed by atoms with E-state index in [1.165, 1.54) is 4.90 Å². The van der Waals surface area contributed by atoms with Gasteiger partial charge in [0.2, 0.25) is 0 Å². The molecule has 5 aromatic rings. The molecule has 0 atom stereocenters. The molecule has 3 heterocycles. The maximum absolute atomic E-state index is 13.6. The third-order valence-electron chi connectivity index (χ3n) is 6.23. The van der Waals surface area contributed by atoms with Crippen LogP contribution >= 0.6 is 0 Å². The zero-order valence-electron chi connectivity index (χ0n) is 21.5. The summed E-state index contributed by atoms with van der Waals surface area (Å²) in [4.78, 5) is 33.4. The molecule has 0 aliphatic rings. The second-order valence-electron chi connectivity index (χ2n) is 9.67. The van der Waals surface area contributed by atoms with Gasteiger partial charge in [0, 0.05) is 29.8 Å². The highest BCUT2D eigenvalue weighted by Crippen LogP contribution is 2.32. The van der Waals surface area contributed by atoms with Crippen molar-refractivity contribution in [3.63, 3.8) is 0 Å². The van der Waals surface area contributed by atoms with Crippen molar-refractivity contribution in [2.24, 2.45) is 0 Å². The average molecular weight is 505 g/mol. The minimum atomic E-state index is -1.09. The maximum atomic E-state index is 13.6. The molecule has 0 aliphatic heterocycles. The number of pyridine rings is 2. The fraction of sp³-hybridized carbons (Fsp3) is 0.167. The topological polar surface area (TPSA) is 118 Å². The van der Waals surface area contributed by atoms with E-state index in [1.807, 2.05) is 66.7 Å². The molecule has 3 N–H and O–H groups in total. The van der Waals surface area contributed by atoms with Gasteiger partial charge in [0.05, 0.1) is 34.8 Å². The van der Waals surface area contributed by atoms with E-state index in [1.54, 1.807) is 39.2 Å². The first kappa shape index (κ1) is 25.0. The van der Waals surface area contributed by atoms with Crippen LogP contribution in [0.4, 0.5) is 5.82 Å². The highest BCUT2D eigenvalue weighted by Gasteiger charge is 2.24. The van der Waals surface area contributed by atoms with E-state index >= 15 is 0 Å². The summed E-state index contributed by atoms with van der Waals surface area (Å²) in [5.41, 5.74) is 10.1. The van der Waals surface area contributed by atoms with Crippen molar-refractivity contribution < 1.29 is 9.90 Å². The Morgan fingerprint density at radius 2 is 1.66 bits per heavy atom. The number of carbonyl (C=O) groups excluding carboxylic acids is 1. The van der Waals surface area contributed by atoms with Crippen molar-refractivity contribution in [2.75, 3.05) is 12.8 Å². The SMILES string of the molecule is CN(Cc1cccc(C(C)(C)O)n1)C(=O)c1nc(-c2ccc3ncccc3c2)c(-c2ccccc2)nc1N. The quantitative estimate of drug-likeness (QED) is 0.340. The summed E-state index contributed by atoms with van der Waals surface area (Å²) in [7, 11) is 1.66. The van der Waals surface area contributed by atoms with Crippen molar-refractivity contribution in [1.29, 1.82) is 0 Å². The van der Waals surface area contributed by atoms with E-state index in [4.69, 9.17) is 10.7 Å². The molecule has 1 amide bonds. The molecule has 0 unspecified atom stereocenters. The summed E-state index contributed by atoms with van der Waals surface area (Å²) >= 11 is 0. The van der Waals surface area contributed by atoms with Crippen molar-refractivity contribution in [2.45, 2.75) is 26.0 Å². The predicted octanol–water partition coefficient (Wildman–Crippen LogP) is 4.84. The van der Waals surface area contributed by atoms with Gasteiger partial charge in [0.15, 0.2) is 11.5 Å².